The van der Waals surface area contributed by atoms with Gasteiger partial charge in [-0.2, -0.15) is 0 Å². The van der Waals surface area contributed by atoms with Crippen molar-refractivity contribution in [3.8, 4) is 0 Å². The molecule has 0 spiro atoms. The third-order valence-corrected chi connectivity index (χ3v) is 4.56. The third-order valence-electron chi connectivity index (χ3n) is 4.56. The summed E-state index contributed by atoms with van der Waals surface area (Å²) in [5.74, 6) is 3.74. The first-order chi connectivity index (χ1) is 6.36. The van der Waals surface area contributed by atoms with Gasteiger partial charge < -0.3 is 0 Å². The topological polar surface area (TPSA) is 17.1 Å². The first kappa shape index (κ1) is 6.58. The Morgan fingerprint density at radius 3 is 1.92 bits per heavy atom. The van der Waals surface area contributed by atoms with Gasteiger partial charge in [0, 0.05) is 11.8 Å². The summed E-state index contributed by atoms with van der Waals surface area (Å²) in [4.78, 5) is 12.0. The molecule has 66 valence electrons. The van der Waals surface area contributed by atoms with Gasteiger partial charge in [0.2, 0.25) is 0 Å². The molecule has 0 aliphatic heterocycles. The Labute approximate surface area is 77.5 Å². The fourth-order valence-electron chi connectivity index (χ4n) is 3.97. The lowest BCUT2D eigenvalue weighted by molar-refractivity contribution is -0.128. The molecule has 2 saturated carbocycles. The van der Waals surface area contributed by atoms with Gasteiger partial charge in [0.15, 0.2) is 0 Å². The van der Waals surface area contributed by atoms with Crippen molar-refractivity contribution in [2.75, 3.05) is 0 Å². The SMILES string of the molecule is O=C1[C@@H]2[C@H]3C=C[C@H]3[C@H]1[C@@H]1C=C[C@H]2C1. The maximum absolute atomic E-state index is 12.0. The summed E-state index contributed by atoms with van der Waals surface area (Å²) in [7, 11) is 0. The average molecular weight is 172 g/mol. The van der Waals surface area contributed by atoms with Crippen LogP contribution >= 0.6 is 0 Å². The molecular formula is C12H12O. The number of allylic oxidation sites excluding steroid dienone is 4. The van der Waals surface area contributed by atoms with E-state index in [9.17, 15) is 4.79 Å². The summed E-state index contributed by atoms with van der Waals surface area (Å²) in [6.07, 6.45) is 10.4. The second-order valence-electron chi connectivity index (χ2n) is 4.94. The molecule has 4 bridgehead atoms. The number of hydrogen-bond acceptors (Lipinski definition) is 1. The smallest absolute Gasteiger partial charge is 0.141 e. The van der Waals surface area contributed by atoms with Gasteiger partial charge in [-0.05, 0) is 30.1 Å². The molecule has 0 saturated heterocycles. The normalized spacial score (nSPS) is 59.5. The van der Waals surface area contributed by atoms with E-state index in [-0.39, 0.29) is 0 Å². The molecular weight excluding hydrogens is 160 g/mol. The molecule has 0 N–H and O–H groups in total. The minimum atomic E-state index is 0.370. The van der Waals surface area contributed by atoms with Crippen molar-refractivity contribution < 1.29 is 4.79 Å². The molecule has 1 nitrogen and oxygen atoms in total. The van der Waals surface area contributed by atoms with Crippen LogP contribution in [0.5, 0.6) is 0 Å². The standard InChI is InChI=1S/C12H12O/c13-12-10-6-1-2-7(5-6)11(12)9-4-3-8(9)10/h1-4,6-11H,5H2/t6-,7+,8-,9+,10-,11+. The summed E-state index contributed by atoms with van der Waals surface area (Å²) >= 11 is 0. The van der Waals surface area contributed by atoms with Gasteiger partial charge in [0.1, 0.15) is 5.78 Å². The van der Waals surface area contributed by atoms with Crippen molar-refractivity contribution in [1.29, 1.82) is 0 Å². The first-order valence-corrected chi connectivity index (χ1v) is 5.26. The van der Waals surface area contributed by atoms with Crippen molar-refractivity contribution in [2.45, 2.75) is 6.42 Å². The Kier molecular flexibility index (Phi) is 0.919. The van der Waals surface area contributed by atoms with Crippen LogP contribution in [0, 0.1) is 35.5 Å². The minimum absolute atomic E-state index is 0.370. The van der Waals surface area contributed by atoms with E-state index in [0.29, 0.717) is 41.3 Å². The van der Waals surface area contributed by atoms with Gasteiger partial charge >= 0.3 is 0 Å². The van der Waals surface area contributed by atoms with E-state index in [0.717, 1.165) is 0 Å². The number of carbonyl (C=O) groups is 1. The number of fused-ring (bicyclic) bond motifs is 9. The Bertz CT molecular complexity index is 318. The van der Waals surface area contributed by atoms with Crippen LogP contribution in [0.15, 0.2) is 24.3 Å². The summed E-state index contributed by atoms with van der Waals surface area (Å²) in [5, 5.41) is 0. The van der Waals surface area contributed by atoms with Gasteiger partial charge in [-0.15, -0.1) is 0 Å². The largest absolute Gasteiger partial charge is 0.299 e. The highest BCUT2D eigenvalue weighted by molar-refractivity contribution is 5.90. The molecule has 4 aliphatic carbocycles. The highest BCUT2D eigenvalue weighted by Gasteiger charge is 2.59. The third kappa shape index (κ3) is 0.551. The zero-order chi connectivity index (χ0) is 8.58. The van der Waals surface area contributed by atoms with Crippen LogP contribution < -0.4 is 0 Å². The second-order valence-corrected chi connectivity index (χ2v) is 4.94. The van der Waals surface area contributed by atoms with E-state index in [2.05, 4.69) is 24.3 Å². The Morgan fingerprint density at radius 1 is 0.923 bits per heavy atom. The van der Waals surface area contributed by atoms with Crippen LogP contribution in [0.4, 0.5) is 0 Å². The van der Waals surface area contributed by atoms with Gasteiger partial charge in [-0.3, -0.25) is 4.79 Å². The molecule has 0 aromatic rings. The van der Waals surface area contributed by atoms with Crippen LogP contribution in [0.1, 0.15) is 6.42 Å². The first-order valence-electron chi connectivity index (χ1n) is 5.26. The number of hydrogen-bond donors (Lipinski definition) is 0. The van der Waals surface area contributed by atoms with Crippen molar-refractivity contribution in [2.24, 2.45) is 35.5 Å². The number of carbonyl (C=O) groups excluding carboxylic acids is 1. The van der Waals surface area contributed by atoms with Gasteiger partial charge in [-0.25, -0.2) is 0 Å². The van der Waals surface area contributed by atoms with E-state index in [4.69, 9.17) is 0 Å². The van der Waals surface area contributed by atoms with Crippen LogP contribution in [-0.2, 0) is 4.79 Å². The summed E-state index contributed by atoms with van der Waals surface area (Å²) < 4.78 is 0. The molecule has 6 atom stereocenters. The van der Waals surface area contributed by atoms with E-state index in [1.807, 2.05) is 0 Å². The molecule has 0 aromatic heterocycles. The Morgan fingerprint density at radius 2 is 1.46 bits per heavy atom. The summed E-state index contributed by atoms with van der Waals surface area (Å²) in [6, 6.07) is 0. The summed E-state index contributed by atoms with van der Waals surface area (Å²) in [5.41, 5.74) is 0. The number of ketones is 1. The van der Waals surface area contributed by atoms with Crippen molar-refractivity contribution >= 4 is 5.78 Å². The van der Waals surface area contributed by atoms with Crippen LogP contribution in [0.3, 0.4) is 0 Å². The summed E-state index contributed by atoms with van der Waals surface area (Å²) in [6.45, 7) is 0. The molecule has 0 aromatic carbocycles. The lowest BCUT2D eigenvalue weighted by Gasteiger charge is -2.27. The van der Waals surface area contributed by atoms with Crippen LogP contribution in [-0.4, -0.2) is 5.78 Å². The highest BCUT2D eigenvalue weighted by atomic mass is 16.1. The molecule has 2 fully saturated rings. The lowest BCUT2D eigenvalue weighted by atomic mass is 9.76. The van der Waals surface area contributed by atoms with Gasteiger partial charge in [-0.1, -0.05) is 24.3 Å². The minimum Gasteiger partial charge on any atom is -0.299 e. The fraction of sp³-hybridized carbons (Fsp3) is 0.583. The molecule has 0 radical (unpaired) electrons. The molecule has 0 heterocycles. The lowest BCUT2D eigenvalue weighted by Crippen LogP contribution is -2.30. The van der Waals surface area contributed by atoms with E-state index >= 15 is 0 Å². The van der Waals surface area contributed by atoms with Gasteiger partial charge in [0.25, 0.3) is 0 Å². The van der Waals surface area contributed by atoms with E-state index in [1.165, 1.54) is 6.42 Å². The zero-order valence-corrected chi connectivity index (χ0v) is 7.39. The maximum atomic E-state index is 12.0. The monoisotopic (exact) mass is 172 g/mol. The Balaban J connectivity index is 1.92. The number of rotatable bonds is 0. The van der Waals surface area contributed by atoms with E-state index in [1.54, 1.807) is 0 Å². The quantitative estimate of drug-likeness (QED) is 0.509. The van der Waals surface area contributed by atoms with E-state index < -0.39 is 0 Å². The molecule has 4 aliphatic rings. The Hall–Kier alpha value is -0.850. The van der Waals surface area contributed by atoms with Crippen molar-refractivity contribution in [3.63, 3.8) is 0 Å². The molecule has 1 heteroatoms. The highest BCUT2D eigenvalue weighted by Crippen LogP contribution is 2.59. The maximum Gasteiger partial charge on any atom is 0.141 e. The average Bonchev–Trinajstić information content (AvgIpc) is 2.53. The van der Waals surface area contributed by atoms with Crippen molar-refractivity contribution in [1.82, 2.24) is 0 Å². The fourth-order valence-corrected chi connectivity index (χ4v) is 3.97. The zero-order valence-electron chi connectivity index (χ0n) is 7.39. The van der Waals surface area contributed by atoms with Crippen molar-refractivity contribution in [3.05, 3.63) is 24.3 Å². The van der Waals surface area contributed by atoms with Gasteiger partial charge in [0.05, 0.1) is 0 Å². The predicted molar refractivity (Wildman–Crippen MR) is 48.8 cm³/mol. The molecule has 0 unspecified atom stereocenters. The predicted octanol–water partition coefficient (Wildman–Crippen LogP) is 1.81. The number of Topliss-reactive ketones (excluding diaryl/α,β-unsaturated/α-hetero) is 1. The van der Waals surface area contributed by atoms with Crippen LogP contribution in [0.2, 0.25) is 0 Å². The second kappa shape index (κ2) is 1.82. The molecule has 13 heavy (non-hydrogen) atoms. The molecule has 4 rings (SSSR count). The van der Waals surface area contributed by atoms with Crippen LogP contribution in [0.25, 0.3) is 0 Å². The molecule has 0 amide bonds.